The molecule has 6 nitrogen and oxygen atoms in total. The summed E-state index contributed by atoms with van der Waals surface area (Å²) in [4.78, 5) is 17.8. The van der Waals surface area contributed by atoms with Crippen molar-refractivity contribution in [3.8, 4) is 17.2 Å². The molecule has 0 aromatic heterocycles. The molecule has 1 aromatic carbocycles. The highest BCUT2D eigenvalue weighted by atomic mass is 32.2. The van der Waals surface area contributed by atoms with Crippen LogP contribution >= 0.6 is 11.8 Å². The zero-order chi connectivity index (χ0) is 19.1. The number of carbonyl (C=O) groups excluding carboxylic acids is 1. The van der Waals surface area contributed by atoms with Gasteiger partial charge in [-0.05, 0) is 18.6 Å². The summed E-state index contributed by atoms with van der Waals surface area (Å²) in [7, 11) is 3.12. The van der Waals surface area contributed by atoms with Crippen LogP contribution < -0.4 is 14.2 Å². The molecule has 2 aliphatic heterocycles. The van der Waals surface area contributed by atoms with E-state index in [4.69, 9.17) is 14.2 Å². The number of ether oxygens (including phenoxy) is 3. The number of hydrogen-bond acceptors (Lipinski definition) is 7. The molecule has 0 amide bonds. The number of methoxy groups -OCH3 is 2. The average Bonchev–Trinajstić information content (AvgIpc) is 2.73. The summed E-state index contributed by atoms with van der Waals surface area (Å²) >= 11 is 1.93. The van der Waals surface area contributed by atoms with E-state index >= 15 is 0 Å². The molecule has 3 rings (SSSR count). The van der Waals surface area contributed by atoms with Gasteiger partial charge in [-0.15, -0.1) is 0 Å². The van der Waals surface area contributed by atoms with Gasteiger partial charge in [-0.1, -0.05) is 18.2 Å². The van der Waals surface area contributed by atoms with Crippen LogP contribution in [-0.2, 0) is 4.79 Å². The Balaban J connectivity index is 1.78. The van der Waals surface area contributed by atoms with Crippen LogP contribution in [0.25, 0.3) is 0 Å². The molecular weight excluding hydrogens is 364 g/mol. The van der Waals surface area contributed by atoms with E-state index in [1.807, 2.05) is 17.8 Å². The molecule has 0 saturated carbocycles. The van der Waals surface area contributed by atoms with Crippen molar-refractivity contribution in [2.24, 2.45) is 0 Å². The number of esters is 1. The maximum atomic E-state index is 13.2. The van der Waals surface area contributed by atoms with Crippen molar-refractivity contribution in [1.29, 1.82) is 0 Å². The Morgan fingerprint density at radius 3 is 2.41 bits per heavy atom. The molecule has 0 spiro atoms. The van der Waals surface area contributed by atoms with Crippen LogP contribution in [0.4, 0.5) is 0 Å². The lowest BCUT2D eigenvalue weighted by Gasteiger charge is -2.36. The normalized spacial score (nSPS) is 19.5. The summed E-state index contributed by atoms with van der Waals surface area (Å²) in [6.45, 7) is 4.32. The van der Waals surface area contributed by atoms with Crippen molar-refractivity contribution < 1.29 is 19.0 Å². The number of benzene rings is 1. The second kappa shape index (κ2) is 10.0. The van der Waals surface area contributed by atoms with Crippen LogP contribution in [0, 0.1) is 0 Å². The van der Waals surface area contributed by atoms with Crippen molar-refractivity contribution in [3.05, 3.63) is 30.4 Å². The number of carbonyl (C=O) groups is 1. The van der Waals surface area contributed by atoms with Gasteiger partial charge in [0.25, 0.3) is 0 Å². The first-order valence-electron chi connectivity index (χ1n) is 9.34. The first-order valence-corrected chi connectivity index (χ1v) is 10.5. The molecular formula is C20H28N2O4S. The number of rotatable bonds is 7. The minimum Gasteiger partial charge on any atom is -0.493 e. The molecule has 27 heavy (non-hydrogen) atoms. The van der Waals surface area contributed by atoms with Crippen LogP contribution in [0.1, 0.15) is 6.42 Å². The summed E-state index contributed by atoms with van der Waals surface area (Å²) in [6, 6.07) is 5.06. The van der Waals surface area contributed by atoms with Gasteiger partial charge in [0.05, 0.1) is 14.2 Å². The zero-order valence-electron chi connectivity index (χ0n) is 16.1. The van der Waals surface area contributed by atoms with Gasteiger partial charge in [0.1, 0.15) is 6.04 Å². The predicted octanol–water partition coefficient (Wildman–Crippen LogP) is 2.29. The number of nitrogens with zero attached hydrogens (tertiary/aromatic N) is 2. The van der Waals surface area contributed by atoms with Gasteiger partial charge in [-0.2, -0.15) is 11.8 Å². The Morgan fingerprint density at radius 2 is 1.81 bits per heavy atom. The molecule has 148 valence electrons. The molecule has 2 aliphatic rings. The second-order valence-corrected chi connectivity index (χ2v) is 7.82. The molecule has 2 heterocycles. The van der Waals surface area contributed by atoms with Gasteiger partial charge in [0.2, 0.25) is 5.75 Å². The molecule has 1 saturated heterocycles. The monoisotopic (exact) mass is 392 g/mol. The molecule has 1 unspecified atom stereocenters. The fourth-order valence-corrected chi connectivity index (χ4v) is 4.35. The summed E-state index contributed by atoms with van der Waals surface area (Å²) in [6.07, 6.45) is 5.39. The van der Waals surface area contributed by atoms with E-state index in [9.17, 15) is 4.79 Å². The molecule has 0 N–H and O–H groups in total. The Hall–Kier alpha value is -1.70. The molecule has 1 aromatic rings. The van der Waals surface area contributed by atoms with Gasteiger partial charge < -0.3 is 14.2 Å². The standard InChI is InChI=1S/C20H28N2O4S/c1-24-17-7-6-8-18(25-2)19(17)26-20(23)16(22-11-13-27-14-12-22)15-21-9-4-3-5-10-21/h3-4,6-8,16H,5,9-15H2,1-2H3. The van der Waals surface area contributed by atoms with Gasteiger partial charge in [-0.3, -0.25) is 9.80 Å². The van der Waals surface area contributed by atoms with Gasteiger partial charge in [0.15, 0.2) is 11.5 Å². The van der Waals surface area contributed by atoms with E-state index in [-0.39, 0.29) is 12.0 Å². The Labute approximate surface area is 165 Å². The molecule has 0 aliphatic carbocycles. The summed E-state index contributed by atoms with van der Waals surface area (Å²) < 4.78 is 16.6. The smallest absolute Gasteiger partial charge is 0.330 e. The largest absolute Gasteiger partial charge is 0.493 e. The molecule has 1 atom stereocenters. The van der Waals surface area contributed by atoms with Crippen LogP contribution in [0.3, 0.4) is 0 Å². The van der Waals surface area contributed by atoms with Crippen LogP contribution in [0.5, 0.6) is 17.2 Å². The highest BCUT2D eigenvalue weighted by Gasteiger charge is 2.32. The summed E-state index contributed by atoms with van der Waals surface area (Å²) in [5, 5.41) is 0. The van der Waals surface area contributed by atoms with E-state index < -0.39 is 0 Å². The molecule has 0 bridgehead atoms. The van der Waals surface area contributed by atoms with Crippen molar-refractivity contribution in [3.63, 3.8) is 0 Å². The Bertz CT molecular complexity index is 639. The third-order valence-corrected chi connectivity index (χ3v) is 5.86. The van der Waals surface area contributed by atoms with Gasteiger partial charge in [0, 0.05) is 44.2 Å². The summed E-state index contributed by atoms with van der Waals surface area (Å²) in [5.74, 6) is 3.18. The molecule has 0 radical (unpaired) electrons. The first-order chi connectivity index (χ1) is 13.2. The van der Waals surface area contributed by atoms with Crippen LogP contribution in [0.15, 0.2) is 30.4 Å². The zero-order valence-corrected chi connectivity index (χ0v) is 16.9. The van der Waals surface area contributed by atoms with Crippen molar-refractivity contribution in [1.82, 2.24) is 9.80 Å². The lowest BCUT2D eigenvalue weighted by atomic mass is 10.1. The third kappa shape index (κ3) is 5.18. The fraction of sp³-hybridized carbons (Fsp3) is 0.550. The van der Waals surface area contributed by atoms with Crippen LogP contribution in [-0.4, -0.2) is 80.3 Å². The Morgan fingerprint density at radius 1 is 1.11 bits per heavy atom. The van der Waals surface area contributed by atoms with Crippen molar-refractivity contribution in [2.45, 2.75) is 12.5 Å². The second-order valence-electron chi connectivity index (χ2n) is 6.60. The quantitative estimate of drug-likeness (QED) is 0.401. The summed E-state index contributed by atoms with van der Waals surface area (Å²) in [5.41, 5.74) is 0. The van der Waals surface area contributed by atoms with Crippen LogP contribution in [0.2, 0.25) is 0 Å². The molecule has 7 heteroatoms. The van der Waals surface area contributed by atoms with Gasteiger partial charge >= 0.3 is 5.97 Å². The highest BCUT2D eigenvalue weighted by Crippen LogP contribution is 2.37. The lowest BCUT2D eigenvalue weighted by molar-refractivity contribution is -0.141. The maximum absolute atomic E-state index is 13.2. The van der Waals surface area contributed by atoms with E-state index in [0.717, 1.165) is 44.1 Å². The highest BCUT2D eigenvalue weighted by molar-refractivity contribution is 7.99. The van der Waals surface area contributed by atoms with Crippen molar-refractivity contribution >= 4 is 17.7 Å². The van der Waals surface area contributed by atoms with Gasteiger partial charge in [-0.25, -0.2) is 4.79 Å². The topological polar surface area (TPSA) is 51.2 Å². The minimum absolute atomic E-state index is 0.251. The average molecular weight is 393 g/mol. The Kier molecular flexibility index (Phi) is 7.43. The number of thioether (sulfide) groups is 1. The van der Waals surface area contributed by atoms with E-state index in [0.29, 0.717) is 23.8 Å². The fourth-order valence-electron chi connectivity index (χ4n) is 3.41. The lowest BCUT2D eigenvalue weighted by Crippen LogP contribution is -2.53. The predicted molar refractivity (Wildman–Crippen MR) is 108 cm³/mol. The molecule has 1 fully saturated rings. The van der Waals surface area contributed by atoms with E-state index in [1.54, 1.807) is 26.4 Å². The number of hydrogen-bond donors (Lipinski definition) is 0. The third-order valence-electron chi connectivity index (χ3n) is 4.92. The van der Waals surface area contributed by atoms with E-state index in [1.165, 1.54) is 0 Å². The SMILES string of the molecule is COc1cccc(OC)c1OC(=O)C(CN1CC=CCC1)N1CCSCC1. The first kappa shape index (κ1) is 20.0. The number of para-hydroxylation sites is 1. The maximum Gasteiger partial charge on any atom is 0.330 e. The van der Waals surface area contributed by atoms with E-state index in [2.05, 4.69) is 22.0 Å². The van der Waals surface area contributed by atoms with Crippen molar-refractivity contribution in [2.75, 3.05) is 58.4 Å². The minimum atomic E-state index is -0.299.